The van der Waals surface area contributed by atoms with E-state index in [4.69, 9.17) is 15.3 Å². The topological polar surface area (TPSA) is 146 Å². The van der Waals surface area contributed by atoms with E-state index in [9.17, 15) is 20.1 Å². The molecule has 0 aliphatic carbocycles. The van der Waals surface area contributed by atoms with Crippen LogP contribution in [-0.4, -0.2) is 74.1 Å². The predicted octanol–water partition coefficient (Wildman–Crippen LogP) is -2.47. The number of hydrogen-bond donors (Lipinski definition) is 6. The first-order valence-corrected chi connectivity index (χ1v) is 5.82. The van der Waals surface area contributed by atoms with Crippen LogP contribution in [0.4, 0.5) is 4.79 Å². The Labute approximate surface area is 108 Å². The third-order valence-corrected chi connectivity index (χ3v) is 3.43. The first-order valence-electron chi connectivity index (χ1n) is 5.82. The lowest BCUT2D eigenvalue weighted by Crippen LogP contribution is -2.70. The largest absolute Gasteiger partial charge is 0.394 e. The fourth-order valence-electron chi connectivity index (χ4n) is 2.15. The number of carbonyl (C=O) groups excluding carboxylic acids is 1. The summed E-state index contributed by atoms with van der Waals surface area (Å²) >= 11 is 0. The molecule has 19 heavy (non-hydrogen) atoms. The Hall–Kier alpha value is -1.26. The Morgan fingerprint density at radius 3 is 2.74 bits per heavy atom. The van der Waals surface area contributed by atoms with Gasteiger partial charge in [-0.05, 0) is 6.92 Å². The highest BCUT2D eigenvalue weighted by Crippen LogP contribution is 2.29. The monoisotopic (exact) mass is 275 g/mol. The van der Waals surface area contributed by atoms with Crippen LogP contribution in [0.5, 0.6) is 0 Å². The molecular formula is C10H17N3O6. The predicted molar refractivity (Wildman–Crippen MR) is 61.1 cm³/mol. The lowest BCUT2D eigenvalue weighted by Gasteiger charge is -2.44. The van der Waals surface area contributed by atoms with Crippen molar-refractivity contribution in [3.8, 4) is 0 Å². The van der Waals surface area contributed by atoms with Gasteiger partial charge < -0.3 is 25.2 Å². The molecule has 0 saturated carbocycles. The van der Waals surface area contributed by atoms with E-state index in [2.05, 4.69) is 5.32 Å². The molecule has 0 aromatic heterocycles. The second kappa shape index (κ2) is 4.69. The highest BCUT2D eigenvalue weighted by atomic mass is 16.6. The van der Waals surface area contributed by atoms with Crippen LogP contribution < -0.4 is 5.32 Å². The minimum absolute atomic E-state index is 0.000873. The van der Waals surface area contributed by atoms with Crippen molar-refractivity contribution in [1.82, 2.24) is 10.2 Å². The number of urea groups is 1. The van der Waals surface area contributed by atoms with Crippen molar-refractivity contribution in [3.63, 3.8) is 0 Å². The molecule has 0 aromatic carbocycles. The molecule has 2 rings (SSSR count). The zero-order chi connectivity index (χ0) is 14.4. The van der Waals surface area contributed by atoms with Crippen LogP contribution >= 0.6 is 0 Å². The molecule has 9 nitrogen and oxygen atoms in total. The zero-order valence-corrected chi connectivity index (χ0v) is 10.3. The van der Waals surface area contributed by atoms with Gasteiger partial charge in [0.15, 0.2) is 11.8 Å². The smallest absolute Gasteiger partial charge is 0.327 e. The van der Waals surface area contributed by atoms with Crippen LogP contribution in [-0.2, 0) is 4.74 Å². The number of nitrogens with one attached hydrogen (secondary N) is 2. The number of hydrogen-bond acceptors (Lipinski definition) is 7. The number of ether oxygens (including phenoxy) is 1. The van der Waals surface area contributed by atoms with Crippen LogP contribution in [0.1, 0.15) is 13.3 Å². The summed E-state index contributed by atoms with van der Waals surface area (Å²) in [5, 5.41) is 48.1. The second-order valence-electron chi connectivity index (χ2n) is 4.85. The Morgan fingerprint density at radius 1 is 1.58 bits per heavy atom. The van der Waals surface area contributed by atoms with Gasteiger partial charge in [-0.1, -0.05) is 0 Å². The Morgan fingerprint density at radius 2 is 2.21 bits per heavy atom. The minimum Gasteiger partial charge on any atom is -0.394 e. The fourth-order valence-corrected chi connectivity index (χ4v) is 2.15. The number of amidine groups is 1. The van der Waals surface area contributed by atoms with Crippen LogP contribution in [0, 0.1) is 5.41 Å². The highest BCUT2D eigenvalue weighted by molar-refractivity contribution is 6.03. The van der Waals surface area contributed by atoms with E-state index < -0.39 is 48.7 Å². The SMILES string of the molecule is CC1(O)C(=N)NC(=O)N([C@H]2C[C@H](O)[C@@H](CO)O2)C1O. The van der Waals surface area contributed by atoms with E-state index in [-0.39, 0.29) is 6.42 Å². The van der Waals surface area contributed by atoms with E-state index in [1.807, 2.05) is 0 Å². The lowest BCUT2D eigenvalue weighted by molar-refractivity contribution is -0.160. The molecule has 0 radical (unpaired) electrons. The number of carbonyl (C=O) groups is 1. The minimum atomic E-state index is -1.96. The Bertz CT molecular complexity index is 401. The molecule has 108 valence electrons. The summed E-state index contributed by atoms with van der Waals surface area (Å²) in [6.07, 6.45) is -4.48. The Balaban J connectivity index is 2.20. The number of aliphatic hydroxyl groups excluding tert-OH is 3. The number of nitrogens with zero attached hydrogens (tertiary/aromatic N) is 1. The zero-order valence-electron chi connectivity index (χ0n) is 10.3. The molecule has 2 aliphatic heterocycles. The molecule has 9 heteroatoms. The van der Waals surface area contributed by atoms with E-state index in [1.165, 1.54) is 6.92 Å². The van der Waals surface area contributed by atoms with Gasteiger partial charge in [-0.15, -0.1) is 0 Å². The van der Waals surface area contributed by atoms with Crippen molar-refractivity contribution in [1.29, 1.82) is 5.41 Å². The van der Waals surface area contributed by atoms with E-state index >= 15 is 0 Å². The third kappa shape index (κ3) is 2.19. The summed E-state index contributed by atoms with van der Waals surface area (Å²) in [6, 6.07) is -0.806. The van der Waals surface area contributed by atoms with E-state index in [0.29, 0.717) is 0 Å². The Kier molecular flexibility index (Phi) is 3.49. The van der Waals surface area contributed by atoms with Gasteiger partial charge in [0.1, 0.15) is 18.2 Å². The van der Waals surface area contributed by atoms with Crippen molar-refractivity contribution < 1.29 is 30.0 Å². The maximum absolute atomic E-state index is 11.8. The summed E-state index contributed by atoms with van der Waals surface area (Å²) in [4.78, 5) is 12.6. The van der Waals surface area contributed by atoms with Crippen molar-refractivity contribution in [3.05, 3.63) is 0 Å². The number of rotatable bonds is 2. The van der Waals surface area contributed by atoms with Crippen molar-refractivity contribution in [2.75, 3.05) is 6.61 Å². The summed E-state index contributed by atoms with van der Waals surface area (Å²) < 4.78 is 5.26. The maximum atomic E-state index is 11.8. The van der Waals surface area contributed by atoms with E-state index in [1.54, 1.807) is 0 Å². The van der Waals surface area contributed by atoms with Crippen LogP contribution in [0.25, 0.3) is 0 Å². The molecule has 2 fully saturated rings. The van der Waals surface area contributed by atoms with Crippen LogP contribution in [0.3, 0.4) is 0 Å². The van der Waals surface area contributed by atoms with Crippen LogP contribution in [0.2, 0.25) is 0 Å². The summed E-state index contributed by atoms with van der Waals surface area (Å²) in [6.45, 7) is 0.761. The first kappa shape index (κ1) is 14.2. The molecule has 0 spiro atoms. The molecule has 5 atom stereocenters. The molecule has 0 bridgehead atoms. The van der Waals surface area contributed by atoms with Gasteiger partial charge in [-0.2, -0.15) is 0 Å². The molecular weight excluding hydrogens is 258 g/mol. The molecule has 2 saturated heterocycles. The normalized spacial score (nSPS) is 43.5. The van der Waals surface area contributed by atoms with Gasteiger partial charge in [0.05, 0.1) is 12.7 Å². The lowest BCUT2D eigenvalue weighted by atomic mass is 9.99. The first-order chi connectivity index (χ1) is 8.78. The van der Waals surface area contributed by atoms with Crippen LogP contribution in [0.15, 0.2) is 0 Å². The van der Waals surface area contributed by atoms with E-state index in [0.717, 1.165) is 4.90 Å². The molecule has 2 heterocycles. The van der Waals surface area contributed by atoms with Crippen molar-refractivity contribution in [2.24, 2.45) is 0 Å². The second-order valence-corrected chi connectivity index (χ2v) is 4.85. The number of amides is 2. The van der Waals surface area contributed by atoms with Gasteiger partial charge >= 0.3 is 6.03 Å². The summed E-state index contributed by atoms with van der Waals surface area (Å²) in [5.74, 6) is -0.515. The van der Waals surface area contributed by atoms with Crippen molar-refractivity contribution >= 4 is 11.9 Å². The average molecular weight is 275 g/mol. The molecule has 0 aromatic rings. The standard InChI is InChI=1S/C10H17N3O6/c1-10(18)7(11)12-9(17)13(8(10)16)6-2-4(15)5(3-14)19-6/h4-6,8,14-16,18H,2-3H2,1H3,(H2,11,12,17)/t4-,5+,6+,8?,10?/m0/s1. The summed E-state index contributed by atoms with van der Waals surface area (Å²) in [7, 11) is 0. The highest BCUT2D eigenvalue weighted by Gasteiger charge is 2.51. The molecule has 6 N–H and O–H groups in total. The third-order valence-electron chi connectivity index (χ3n) is 3.43. The van der Waals surface area contributed by atoms with Gasteiger partial charge in [-0.25, -0.2) is 4.79 Å². The van der Waals surface area contributed by atoms with Gasteiger partial charge in [0, 0.05) is 6.42 Å². The quantitative estimate of drug-likeness (QED) is 0.329. The van der Waals surface area contributed by atoms with Gasteiger partial charge in [0.2, 0.25) is 0 Å². The summed E-state index contributed by atoms with van der Waals surface area (Å²) in [5.41, 5.74) is -1.96. The van der Waals surface area contributed by atoms with Gasteiger partial charge in [0.25, 0.3) is 0 Å². The maximum Gasteiger partial charge on any atom is 0.327 e. The fraction of sp³-hybridized carbons (Fsp3) is 0.800. The average Bonchev–Trinajstić information content (AvgIpc) is 2.68. The number of aliphatic hydroxyl groups is 4. The molecule has 2 aliphatic rings. The van der Waals surface area contributed by atoms with Crippen molar-refractivity contribution in [2.45, 2.75) is 43.6 Å². The van der Waals surface area contributed by atoms with Gasteiger partial charge in [-0.3, -0.25) is 15.6 Å². The molecule has 2 unspecified atom stereocenters. The molecule has 2 amide bonds.